The van der Waals surface area contributed by atoms with Crippen molar-refractivity contribution < 1.29 is 20.1 Å². The molecule has 3 N–H and O–H groups in total. The van der Waals surface area contributed by atoms with Gasteiger partial charge in [0, 0.05) is 12.5 Å². The SMILES string of the molecule is CC(CO)CC=C1O[C@H]2C[C@H]3[C@@H]4CC=C5C[C@@H](O)CC[C@]5(C)[C@H]4CC[C@]3(C)[C@H]2[C@@]1(C)O. The number of rotatable bonds is 3. The fourth-order valence-corrected chi connectivity index (χ4v) is 8.82. The molecule has 4 heteroatoms. The second kappa shape index (κ2) is 7.33. The summed E-state index contributed by atoms with van der Waals surface area (Å²) < 4.78 is 6.46. The van der Waals surface area contributed by atoms with Crippen LogP contribution >= 0.6 is 0 Å². The van der Waals surface area contributed by atoms with Gasteiger partial charge in [0.25, 0.3) is 0 Å². The van der Waals surface area contributed by atoms with Crippen LogP contribution in [0.3, 0.4) is 0 Å². The van der Waals surface area contributed by atoms with Gasteiger partial charge in [-0.25, -0.2) is 0 Å². The van der Waals surface area contributed by atoms with Crippen LogP contribution in [0.25, 0.3) is 0 Å². The fraction of sp³-hybridized carbons (Fsp3) is 0.852. The van der Waals surface area contributed by atoms with Crippen LogP contribution in [0.2, 0.25) is 0 Å². The highest BCUT2D eigenvalue weighted by Gasteiger charge is 2.68. The maximum absolute atomic E-state index is 11.7. The summed E-state index contributed by atoms with van der Waals surface area (Å²) >= 11 is 0. The molecule has 0 aromatic rings. The maximum atomic E-state index is 11.7. The lowest BCUT2D eigenvalue weighted by Gasteiger charge is -2.58. The second-order valence-electron chi connectivity index (χ2n) is 12.3. The topological polar surface area (TPSA) is 69.9 Å². The number of allylic oxidation sites excluding steroid dienone is 2. The van der Waals surface area contributed by atoms with Crippen molar-refractivity contribution in [3.8, 4) is 0 Å². The zero-order chi connectivity index (χ0) is 22.2. The minimum Gasteiger partial charge on any atom is -0.492 e. The summed E-state index contributed by atoms with van der Waals surface area (Å²) in [4.78, 5) is 0. The molecular formula is C27H42O4. The largest absolute Gasteiger partial charge is 0.492 e. The van der Waals surface area contributed by atoms with Crippen LogP contribution in [0, 0.1) is 40.4 Å². The quantitative estimate of drug-likeness (QED) is 0.573. The minimum atomic E-state index is -0.926. The summed E-state index contributed by atoms with van der Waals surface area (Å²) in [5, 5.41) is 31.3. The molecule has 1 aliphatic heterocycles. The van der Waals surface area contributed by atoms with Crippen LogP contribution in [0.1, 0.15) is 79.1 Å². The molecule has 10 atom stereocenters. The fourth-order valence-electron chi connectivity index (χ4n) is 8.82. The Bertz CT molecular complexity index is 784. The normalized spacial score (nSPS) is 53.1. The van der Waals surface area contributed by atoms with Gasteiger partial charge in [-0.3, -0.25) is 0 Å². The van der Waals surface area contributed by atoms with Gasteiger partial charge in [0.1, 0.15) is 17.5 Å². The summed E-state index contributed by atoms with van der Waals surface area (Å²) in [6.07, 6.45) is 12.7. The molecule has 0 amide bonds. The molecule has 1 heterocycles. The van der Waals surface area contributed by atoms with E-state index in [4.69, 9.17) is 4.74 Å². The van der Waals surface area contributed by atoms with Crippen LogP contribution in [-0.4, -0.2) is 39.7 Å². The van der Waals surface area contributed by atoms with Crippen molar-refractivity contribution in [2.45, 2.75) is 96.9 Å². The molecule has 5 rings (SSSR count). The number of aliphatic hydroxyl groups is 3. The van der Waals surface area contributed by atoms with Gasteiger partial charge in [0.15, 0.2) is 0 Å². The smallest absolute Gasteiger partial charge is 0.125 e. The summed E-state index contributed by atoms with van der Waals surface area (Å²) in [6.45, 7) is 9.05. The molecule has 0 spiro atoms. The number of ether oxygens (including phenoxy) is 1. The van der Waals surface area contributed by atoms with Crippen LogP contribution in [0.5, 0.6) is 0 Å². The van der Waals surface area contributed by atoms with Gasteiger partial charge in [-0.1, -0.05) is 32.4 Å². The molecule has 4 fully saturated rings. The van der Waals surface area contributed by atoms with Gasteiger partial charge in [-0.15, -0.1) is 0 Å². The molecule has 0 radical (unpaired) electrons. The third-order valence-corrected chi connectivity index (χ3v) is 10.5. The Balaban J connectivity index is 1.42. The Hall–Kier alpha value is -0.840. The lowest BCUT2D eigenvalue weighted by Crippen LogP contribution is -2.53. The Morgan fingerprint density at radius 3 is 2.71 bits per heavy atom. The Morgan fingerprint density at radius 2 is 1.97 bits per heavy atom. The maximum Gasteiger partial charge on any atom is 0.125 e. The van der Waals surface area contributed by atoms with Crippen molar-refractivity contribution >= 4 is 0 Å². The van der Waals surface area contributed by atoms with E-state index in [9.17, 15) is 15.3 Å². The van der Waals surface area contributed by atoms with Crippen molar-refractivity contribution in [1.82, 2.24) is 0 Å². The Kier molecular flexibility index (Phi) is 5.20. The predicted octanol–water partition coefficient (Wildman–Crippen LogP) is 4.59. The molecular weight excluding hydrogens is 388 g/mol. The van der Waals surface area contributed by atoms with Gasteiger partial charge in [-0.2, -0.15) is 0 Å². The van der Waals surface area contributed by atoms with Crippen LogP contribution in [0.4, 0.5) is 0 Å². The summed E-state index contributed by atoms with van der Waals surface area (Å²) in [5.74, 6) is 3.02. The molecule has 0 aromatic carbocycles. The predicted molar refractivity (Wildman–Crippen MR) is 121 cm³/mol. The van der Waals surface area contributed by atoms with Gasteiger partial charge < -0.3 is 20.1 Å². The Morgan fingerprint density at radius 1 is 1.19 bits per heavy atom. The molecule has 0 aromatic heterocycles. The van der Waals surface area contributed by atoms with Crippen molar-refractivity contribution in [3.05, 3.63) is 23.5 Å². The van der Waals surface area contributed by atoms with Crippen molar-refractivity contribution in [1.29, 1.82) is 0 Å². The van der Waals surface area contributed by atoms with Crippen LogP contribution in [0.15, 0.2) is 23.5 Å². The first-order valence-corrected chi connectivity index (χ1v) is 12.7. The van der Waals surface area contributed by atoms with E-state index in [1.54, 1.807) is 0 Å². The number of hydrogen-bond donors (Lipinski definition) is 3. The molecule has 174 valence electrons. The lowest BCUT2D eigenvalue weighted by atomic mass is 9.46. The highest BCUT2D eigenvalue weighted by atomic mass is 16.5. The molecule has 5 aliphatic rings. The van der Waals surface area contributed by atoms with E-state index in [1.807, 2.05) is 19.9 Å². The molecule has 4 aliphatic carbocycles. The third kappa shape index (κ3) is 3.11. The van der Waals surface area contributed by atoms with Gasteiger partial charge >= 0.3 is 0 Å². The molecule has 1 unspecified atom stereocenters. The van der Waals surface area contributed by atoms with E-state index in [0.29, 0.717) is 17.8 Å². The zero-order valence-electron chi connectivity index (χ0n) is 19.8. The zero-order valence-corrected chi connectivity index (χ0v) is 19.8. The van der Waals surface area contributed by atoms with Gasteiger partial charge in [-0.05, 0) is 98.9 Å². The summed E-state index contributed by atoms with van der Waals surface area (Å²) in [7, 11) is 0. The van der Waals surface area contributed by atoms with Crippen LogP contribution < -0.4 is 0 Å². The highest BCUT2D eigenvalue weighted by molar-refractivity contribution is 5.29. The third-order valence-electron chi connectivity index (χ3n) is 10.5. The van der Waals surface area contributed by atoms with Crippen LogP contribution in [-0.2, 0) is 4.74 Å². The average Bonchev–Trinajstić information content (AvgIpc) is 3.17. The van der Waals surface area contributed by atoms with Gasteiger partial charge in [0.2, 0.25) is 0 Å². The standard InChI is InChI=1S/C27H42O4/c1-16(15-28)5-8-23-27(4,30)24-22(31-23)14-21-19-7-6-17-13-18(29)9-11-25(17,2)20(19)10-12-26(21,24)3/h6,8,16,18-22,24,28-30H,5,7,9-15H2,1-4H3/t16?,18-,19+,20-,21-,22-,24-,25-,26-,27-/m0/s1. The van der Waals surface area contributed by atoms with Crippen molar-refractivity contribution in [3.63, 3.8) is 0 Å². The van der Waals surface area contributed by atoms with E-state index >= 15 is 0 Å². The second-order valence-corrected chi connectivity index (χ2v) is 12.3. The molecule has 4 nitrogen and oxygen atoms in total. The number of fused-ring (bicyclic) bond motifs is 7. The molecule has 31 heavy (non-hydrogen) atoms. The Labute approximate surface area is 187 Å². The number of hydrogen-bond acceptors (Lipinski definition) is 4. The summed E-state index contributed by atoms with van der Waals surface area (Å²) in [6, 6.07) is 0. The van der Waals surface area contributed by atoms with Crippen molar-refractivity contribution in [2.24, 2.45) is 40.4 Å². The molecule has 1 saturated heterocycles. The first-order chi connectivity index (χ1) is 14.6. The minimum absolute atomic E-state index is 0.101. The average molecular weight is 431 g/mol. The van der Waals surface area contributed by atoms with E-state index in [0.717, 1.165) is 50.7 Å². The van der Waals surface area contributed by atoms with Crippen molar-refractivity contribution in [2.75, 3.05) is 6.61 Å². The van der Waals surface area contributed by atoms with E-state index in [2.05, 4.69) is 19.9 Å². The van der Waals surface area contributed by atoms with E-state index in [1.165, 1.54) is 12.0 Å². The summed E-state index contributed by atoms with van der Waals surface area (Å²) in [5.41, 5.74) is 0.935. The number of aliphatic hydroxyl groups excluding tert-OH is 2. The van der Waals surface area contributed by atoms with E-state index in [-0.39, 0.29) is 41.5 Å². The lowest BCUT2D eigenvalue weighted by molar-refractivity contribution is -0.0842. The monoisotopic (exact) mass is 430 g/mol. The van der Waals surface area contributed by atoms with Gasteiger partial charge in [0.05, 0.1) is 6.10 Å². The van der Waals surface area contributed by atoms with E-state index < -0.39 is 5.60 Å². The molecule has 3 saturated carbocycles. The molecule has 0 bridgehead atoms. The highest BCUT2D eigenvalue weighted by Crippen LogP contribution is 2.70. The first-order valence-electron chi connectivity index (χ1n) is 12.7. The first kappa shape index (κ1) is 22.0.